The summed E-state index contributed by atoms with van der Waals surface area (Å²) in [6, 6.07) is 5.72. The number of carboxylic acid groups (broad SMARTS) is 3. The Labute approximate surface area is 717 Å². The number of nitrogens with two attached hydrogens (primary N) is 3. The number of unbranched alkanes of at least 4 members (excludes halogenated alkanes) is 3. The van der Waals surface area contributed by atoms with Crippen molar-refractivity contribution >= 4 is 106 Å². The normalized spacial score (nSPS) is 20.3. The Balaban J connectivity index is 1.55. The summed E-state index contributed by atoms with van der Waals surface area (Å²) in [5, 5.41) is 96.1. The minimum Gasteiger partial charge on any atom is -0.508 e. The first-order valence-electron chi connectivity index (χ1n) is 42.2. The molecule has 9 atom stereocenters. The third-order valence-corrected chi connectivity index (χ3v) is 20.7. The fraction of sp³-hybridized carbons (Fsp3) is 0.610. The lowest BCUT2D eigenvalue weighted by Crippen LogP contribution is -2.60. The van der Waals surface area contributed by atoms with Crippen molar-refractivity contribution in [2.45, 2.75) is 210 Å². The molecule has 2 aliphatic heterocycles. The van der Waals surface area contributed by atoms with Gasteiger partial charge in [-0.15, -0.1) is 0 Å². The number of hydrogen-bond acceptors (Lipinski definition) is 23. The van der Waals surface area contributed by atoms with Crippen LogP contribution < -0.4 is 91.6 Å². The van der Waals surface area contributed by atoms with E-state index in [4.69, 9.17) is 28.0 Å². The summed E-state index contributed by atoms with van der Waals surface area (Å²) in [6.07, 6.45) is 0.449. The van der Waals surface area contributed by atoms with E-state index in [0.717, 1.165) is 10.8 Å². The summed E-state index contributed by atoms with van der Waals surface area (Å²) >= 11 is 0. The molecule has 0 bridgehead atoms. The highest BCUT2D eigenvalue weighted by Gasteiger charge is 2.36. The summed E-state index contributed by atoms with van der Waals surface area (Å²) in [5.41, 5.74) is 18.0. The third kappa shape index (κ3) is 41.4. The molecule has 2 fully saturated rings. The van der Waals surface area contributed by atoms with Gasteiger partial charge in [0.05, 0.1) is 26.2 Å². The van der Waals surface area contributed by atoms with Crippen LogP contribution in [0.2, 0.25) is 0 Å². The number of carbonyl (C=O) groups is 14. The van der Waals surface area contributed by atoms with Crippen molar-refractivity contribution in [2.75, 3.05) is 111 Å². The number of aliphatic carboxylic acids is 3. The fourth-order valence-electron chi connectivity index (χ4n) is 13.9. The Morgan fingerprint density at radius 3 is 1.38 bits per heavy atom. The van der Waals surface area contributed by atoms with E-state index in [9.17, 15) is 68.4 Å². The number of carbonyl (C=O) groups excluding carboxylic acids is 11. The summed E-state index contributed by atoms with van der Waals surface area (Å²) in [5.74, 6) is -13.7. The molecule has 0 aliphatic carbocycles. The zero-order valence-electron chi connectivity index (χ0n) is 71.3. The molecule has 0 radical (unpaired) electrons. The van der Waals surface area contributed by atoms with Crippen molar-refractivity contribution in [3.63, 3.8) is 0 Å². The van der Waals surface area contributed by atoms with Gasteiger partial charge in [0.15, 0.2) is 11.9 Å². The first-order valence-corrected chi connectivity index (χ1v) is 42.2. The van der Waals surface area contributed by atoms with Crippen LogP contribution >= 0.6 is 0 Å². The number of nitrogens with one attached hydrogen (secondary N) is 16. The molecule has 3 aromatic rings. The van der Waals surface area contributed by atoms with Crippen molar-refractivity contribution in [1.29, 1.82) is 10.8 Å². The number of fused-ring (bicyclic) bond motifs is 1. The Kier molecular flexibility index (Phi) is 45.6. The number of carboxylic acids is 3. The average molecular weight is 1730 g/mol. The number of phenolic OH excluding ortho intramolecular Hbond substituents is 1. The van der Waals surface area contributed by atoms with E-state index in [1.165, 1.54) is 31.2 Å². The highest BCUT2D eigenvalue weighted by atomic mass is 16.4. The molecule has 26 N–H and O–H groups in total. The fourth-order valence-corrected chi connectivity index (χ4v) is 13.9. The molecule has 2 saturated heterocycles. The summed E-state index contributed by atoms with van der Waals surface area (Å²) in [6.45, 7) is 9.70. The SMILES string of the molecule is CC(C)NCCCC[C@H](NC(=O)[C@H]1CCC(=O)N[C@@H](CCCCNC(=O)[C@@H](CCCNC(=N)N)NC(=O)CN2CCN(CC(=O)O)CCN(CC(=O)O)CCN(CC(=O)O)CC2)C(=O)N[C@@H](Cc2ccc(O)cc2)C(=O)N[C@@H](CCCCNC(C)C)C(=O)N[C@H](CCCNC(=N)N)C(=O)N[C@@H](Cc2ccc3ccccc3c2)C(=O)N[C@H](C)C(=O)N1)C(N)=O. The van der Waals surface area contributed by atoms with Crippen LogP contribution in [0.25, 0.3) is 10.8 Å². The van der Waals surface area contributed by atoms with Crippen LogP contribution in [0.3, 0.4) is 0 Å². The van der Waals surface area contributed by atoms with Gasteiger partial charge in [-0.2, -0.15) is 0 Å². The van der Waals surface area contributed by atoms with Crippen molar-refractivity contribution in [3.8, 4) is 5.75 Å². The first kappa shape index (κ1) is 102. The third-order valence-electron chi connectivity index (χ3n) is 20.7. The summed E-state index contributed by atoms with van der Waals surface area (Å²) in [7, 11) is 0. The molecule has 123 heavy (non-hydrogen) atoms. The monoisotopic (exact) mass is 1730 g/mol. The van der Waals surface area contributed by atoms with Crippen molar-refractivity contribution in [2.24, 2.45) is 17.2 Å². The maximum absolute atomic E-state index is 15.3. The lowest BCUT2D eigenvalue weighted by molar-refractivity contribution is -0.140. The molecular formula is C82H131N23O18. The molecule has 5 rings (SSSR count). The van der Waals surface area contributed by atoms with Crippen molar-refractivity contribution in [3.05, 3.63) is 77.9 Å². The van der Waals surface area contributed by atoms with Gasteiger partial charge in [0.25, 0.3) is 0 Å². The zero-order chi connectivity index (χ0) is 90.5. The van der Waals surface area contributed by atoms with Crippen LogP contribution in [-0.2, 0) is 80.0 Å². The predicted octanol–water partition coefficient (Wildman–Crippen LogP) is -3.38. The Morgan fingerprint density at radius 1 is 0.455 bits per heavy atom. The van der Waals surface area contributed by atoms with Gasteiger partial charge in [0.1, 0.15) is 60.1 Å². The maximum Gasteiger partial charge on any atom is 0.317 e. The number of nitrogens with zero attached hydrogens (tertiary/aromatic N) is 4. The second-order valence-corrected chi connectivity index (χ2v) is 31.8. The number of rotatable bonds is 42. The second-order valence-electron chi connectivity index (χ2n) is 31.8. The molecular weight excluding hydrogens is 1600 g/mol. The largest absolute Gasteiger partial charge is 0.508 e. The molecule has 0 aromatic heterocycles. The lowest BCUT2D eigenvalue weighted by Gasteiger charge is -2.33. The van der Waals surface area contributed by atoms with E-state index in [-0.39, 0.29) is 185 Å². The molecule has 41 nitrogen and oxygen atoms in total. The van der Waals surface area contributed by atoms with Gasteiger partial charge in [-0.05, 0) is 144 Å². The van der Waals surface area contributed by atoms with E-state index in [1.54, 1.807) is 25.7 Å². The van der Waals surface area contributed by atoms with Gasteiger partial charge in [-0.1, -0.05) is 82.3 Å². The predicted molar refractivity (Wildman–Crippen MR) is 459 cm³/mol. The van der Waals surface area contributed by atoms with Crippen LogP contribution in [-0.4, -0.2) is 313 Å². The number of aromatic hydroxyl groups is 1. The van der Waals surface area contributed by atoms with Crippen LogP contribution in [0.1, 0.15) is 142 Å². The Morgan fingerprint density at radius 2 is 0.878 bits per heavy atom. The number of amides is 11. The Bertz CT molecular complexity index is 3960. The zero-order valence-corrected chi connectivity index (χ0v) is 71.3. The average Bonchev–Trinajstić information content (AvgIpc) is 1.04. The van der Waals surface area contributed by atoms with Gasteiger partial charge in [-0.3, -0.25) is 97.5 Å². The minimum atomic E-state index is -1.65. The van der Waals surface area contributed by atoms with Crippen molar-refractivity contribution < 1.29 is 87.5 Å². The summed E-state index contributed by atoms with van der Waals surface area (Å²) < 4.78 is 0. The minimum absolute atomic E-state index is 0.00828. The first-order chi connectivity index (χ1) is 58.5. The number of phenols is 1. The molecule has 0 spiro atoms. The van der Waals surface area contributed by atoms with Gasteiger partial charge >= 0.3 is 17.9 Å². The molecule has 0 unspecified atom stereocenters. The van der Waals surface area contributed by atoms with Crippen molar-refractivity contribution in [1.82, 2.24) is 94.0 Å². The number of primary amides is 1. The molecule has 0 saturated carbocycles. The van der Waals surface area contributed by atoms with Crippen LogP contribution in [0.4, 0.5) is 0 Å². The lowest BCUT2D eigenvalue weighted by atomic mass is 10.00. The quantitative estimate of drug-likeness (QED) is 0.0149. The summed E-state index contributed by atoms with van der Waals surface area (Å²) in [4.78, 5) is 203. The second kappa shape index (κ2) is 54.9. The molecule has 41 heteroatoms. The number of benzene rings is 3. The van der Waals surface area contributed by atoms with Crippen LogP contribution in [0, 0.1) is 10.8 Å². The molecule has 3 aromatic carbocycles. The standard InChI is InChI=1S/C82H131N23O18/c1-51(2)88-31-11-8-18-59(72(83)115)96-78(121)64-29-30-67(107)94-61(19-10-13-33-90-74(117)60(21-14-34-91-81(84)85)95-68(108)47-102-36-38-103(48-69(109)110)40-42-105(50-71(113)114)43-41-104(39-37-102)49-70(111)112)75(118)100-65(45-54-24-27-58(106)28-25-54)80(123)99-62(20-9-12-32-89-52(3)4)76(119)98-63(22-15-35-92-82(86)87)77(120)101-66(79(122)93-53(5)73(116)97-64)46-55-23-26-56-16-6-7-17-57(56)44-55/h6-7,16-17,23-28,44,51-53,59-66,88-89,106H,8-15,18-22,29-43,45-50H2,1-5H3,(H2,83,115)(H,90,117)(H,93,122)(H,94,107)(H,95,108)(H,96,121)(H,97,116)(H,98,119)(H,99,123)(H,100,118)(H,101,120)(H,109,110)(H,111,112)(H,113,114)(H4,84,85,91)(H4,86,87,92)/t53-,59+,60-,61+,62+,63-,64-,65+,66+/m1/s1. The molecule has 2 heterocycles. The van der Waals surface area contributed by atoms with Gasteiger partial charge in [0.2, 0.25) is 65.0 Å². The smallest absolute Gasteiger partial charge is 0.317 e. The number of guanidine groups is 2. The highest BCUT2D eigenvalue weighted by molar-refractivity contribution is 5.99. The van der Waals surface area contributed by atoms with Gasteiger partial charge < -0.3 is 112 Å². The van der Waals surface area contributed by atoms with E-state index < -0.39 is 163 Å². The topological polar surface area (TPSA) is 627 Å². The Hall–Kier alpha value is -11.4. The van der Waals surface area contributed by atoms with E-state index in [2.05, 4.69) is 74.4 Å². The highest BCUT2D eigenvalue weighted by Crippen LogP contribution is 2.20. The maximum atomic E-state index is 15.3. The molecule has 11 amide bonds. The van der Waals surface area contributed by atoms with Gasteiger partial charge in [0, 0.05) is 103 Å². The van der Waals surface area contributed by atoms with E-state index >= 15 is 19.2 Å². The van der Waals surface area contributed by atoms with Gasteiger partial charge in [-0.25, -0.2) is 0 Å². The molecule has 2 aliphatic rings. The molecule has 682 valence electrons. The van der Waals surface area contributed by atoms with Crippen LogP contribution in [0.15, 0.2) is 66.7 Å². The van der Waals surface area contributed by atoms with E-state index in [1.807, 2.05) is 64.1 Å². The van der Waals surface area contributed by atoms with Crippen LogP contribution in [0.5, 0.6) is 5.75 Å². The van der Waals surface area contributed by atoms with E-state index in [0.29, 0.717) is 49.9 Å². The number of hydrogen-bond donors (Lipinski definition) is 23.